The molecule has 0 aliphatic rings. The topological polar surface area (TPSA) is 51.8 Å². The Balaban J connectivity index is 3.18. The molecule has 0 radical (unpaired) electrons. The first-order valence-corrected chi connectivity index (χ1v) is 4.74. The zero-order chi connectivity index (χ0) is 11.3. The number of nitrogen functional groups attached to an aromatic ring is 1. The molecule has 3 heteroatoms. The van der Waals surface area contributed by atoms with Gasteiger partial charge in [0, 0.05) is 5.57 Å². The Morgan fingerprint density at radius 1 is 1.47 bits per heavy atom. The summed E-state index contributed by atoms with van der Waals surface area (Å²) in [6.07, 6.45) is 7.52. The molecule has 1 aromatic heterocycles. The fourth-order valence-corrected chi connectivity index (χ4v) is 1.17. The predicted molar refractivity (Wildman–Crippen MR) is 64.2 cm³/mol. The normalized spacial score (nSPS) is 12.0. The zero-order valence-corrected chi connectivity index (χ0v) is 9.07. The van der Waals surface area contributed by atoms with E-state index < -0.39 is 0 Å². The van der Waals surface area contributed by atoms with Gasteiger partial charge in [-0.2, -0.15) is 0 Å². The molecule has 0 atom stereocenters. The number of allylic oxidation sites excluding steroid dienone is 5. The van der Waals surface area contributed by atoms with Crippen molar-refractivity contribution in [2.24, 2.45) is 0 Å². The Labute approximate surface area is 90.0 Å². The van der Waals surface area contributed by atoms with Crippen molar-refractivity contribution in [3.05, 3.63) is 48.2 Å². The van der Waals surface area contributed by atoms with Crippen LogP contribution in [0.15, 0.2) is 36.9 Å². The molecule has 1 rings (SSSR count). The summed E-state index contributed by atoms with van der Waals surface area (Å²) in [6.45, 7) is 7.53. The minimum absolute atomic E-state index is 0.470. The van der Waals surface area contributed by atoms with Crippen LogP contribution < -0.4 is 5.73 Å². The first kappa shape index (κ1) is 11.2. The molecule has 1 aromatic rings. The van der Waals surface area contributed by atoms with Gasteiger partial charge in [0.1, 0.15) is 5.82 Å². The van der Waals surface area contributed by atoms with Crippen molar-refractivity contribution < 1.29 is 0 Å². The molecule has 0 aliphatic carbocycles. The fraction of sp³-hybridized carbons (Fsp3) is 0.167. The Kier molecular flexibility index (Phi) is 3.80. The number of hydrogen-bond acceptors (Lipinski definition) is 3. The van der Waals surface area contributed by atoms with E-state index in [2.05, 4.69) is 16.8 Å². The van der Waals surface area contributed by atoms with Crippen LogP contribution in [0.4, 0.5) is 5.82 Å². The molecule has 78 valence electrons. The van der Waals surface area contributed by atoms with Crippen LogP contribution in [0.25, 0.3) is 5.57 Å². The molecular formula is C12H15N3. The summed E-state index contributed by atoms with van der Waals surface area (Å²) in [4.78, 5) is 0. The molecule has 1 heterocycles. The van der Waals surface area contributed by atoms with Crippen LogP contribution >= 0.6 is 0 Å². The minimum Gasteiger partial charge on any atom is -0.382 e. The lowest BCUT2D eigenvalue weighted by Crippen LogP contribution is -1.99. The second-order valence-corrected chi connectivity index (χ2v) is 3.16. The summed E-state index contributed by atoms with van der Waals surface area (Å²) in [5.74, 6) is 0.470. The van der Waals surface area contributed by atoms with Gasteiger partial charge >= 0.3 is 0 Å². The number of aromatic nitrogens is 2. The predicted octanol–water partition coefficient (Wildman–Crippen LogP) is 2.51. The highest BCUT2D eigenvalue weighted by Gasteiger charge is 2.02. The molecule has 0 spiro atoms. The van der Waals surface area contributed by atoms with Crippen molar-refractivity contribution in [2.75, 3.05) is 5.73 Å². The first-order valence-electron chi connectivity index (χ1n) is 4.74. The zero-order valence-electron chi connectivity index (χ0n) is 9.07. The summed E-state index contributed by atoms with van der Waals surface area (Å²) in [5.41, 5.74) is 8.32. The second-order valence-electron chi connectivity index (χ2n) is 3.16. The molecule has 0 saturated carbocycles. The van der Waals surface area contributed by atoms with Crippen LogP contribution in [0, 0.1) is 6.92 Å². The van der Waals surface area contributed by atoms with Gasteiger partial charge in [0.15, 0.2) is 0 Å². The maximum Gasteiger partial charge on any atom is 0.149 e. The molecule has 0 aromatic carbocycles. The van der Waals surface area contributed by atoms with Gasteiger partial charge in [0.25, 0.3) is 0 Å². The monoisotopic (exact) mass is 201 g/mol. The van der Waals surface area contributed by atoms with E-state index in [0.717, 1.165) is 16.8 Å². The molecule has 3 nitrogen and oxygen atoms in total. The maximum atomic E-state index is 5.61. The summed E-state index contributed by atoms with van der Waals surface area (Å²) in [7, 11) is 0. The first-order chi connectivity index (χ1) is 7.19. The number of anilines is 1. The molecule has 0 saturated heterocycles. The molecule has 0 unspecified atom stereocenters. The van der Waals surface area contributed by atoms with Gasteiger partial charge in [-0.3, -0.25) is 0 Å². The van der Waals surface area contributed by atoms with Gasteiger partial charge in [-0.1, -0.05) is 30.9 Å². The Morgan fingerprint density at radius 3 is 2.73 bits per heavy atom. The van der Waals surface area contributed by atoms with Crippen molar-refractivity contribution in [3.8, 4) is 0 Å². The fourth-order valence-electron chi connectivity index (χ4n) is 1.17. The van der Waals surface area contributed by atoms with Crippen molar-refractivity contribution >= 4 is 11.4 Å². The van der Waals surface area contributed by atoms with E-state index in [9.17, 15) is 0 Å². The van der Waals surface area contributed by atoms with Crippen molar-refractivity contribution in [1.82, 2.24) is 10.2 Å². The van der Waals surface area contributed by atoms with E-state index >= 15 is 0 Å². The quantitative estimate of drug-likeness (QED) is 0.764. The Hall–Kier alpha value is -1.90. The Morgan fingerprint density at radius 2 is 2.20 bits per heavy atom. The third-order valence-electron chi connectivity index (χ3n) is 1.96. The molecule has 0 amide bonds. The van der Waals surface area contributed by atoms with Crippen LogP contribution in [0.5, 0.6) is 0 Å². The van der Waals surface area contributed by atoms with Crippen LogP contribution in [0.2, 0.25) is 0 Å². The van der Waals surface area contributed by atoms with E-state index in [1.165, 1.54) is 0 Å². The number of aryl methyl sites for hydroxylation is 1. The summed E-state index contributed by atoms with van der Waals surface area (Å²) < 4.78 is 0. The maximum absolute atomic E-state index is 5.61. The van der Waals surface area contributed by atoms with Crippen LogP contribution in [-0.4, -0.2) is 10.2 Å². The second kappa shape index (κ2) is 5.10. The smallest absolute Gasteiger partial charge is 0.149 e. The van der Waals surface area contributed by atoms with Crippen molar-refractivity contribution in [2.45, 2.75) is 13.8 Å². The van der Waals surface area contributed by atoms with E-state index in [-0.39, 0.29) is 0 Å². The van der Waals surface area contributed by atoms with E-state index in [0.29, 0.717) is 5.82 Å². The van der Waals surface area contributed by atoms with Gasteiger partial charge in [-0.25, -0.2) is 0 Å². The third kappa shape index (κ3) is 2.77. The van der Waals surface area contributed by atoms with Gasteiger partial charge in [-0.05, 0) is 25.5 Å². The highest BCUT2D eigenvalue weighted by Crippen LogP contribution is 2.16. The summed E-state index contributed by atoms with van der Waals surface area (Å²) in [6, 6.07) is 1.91. The van der Waals surface area contributed by atoms with Crippen LogP contribution in [0.1, 0.15) is 18.2 Å². The summed E-state index contributed by atoms with van der Waals surface area (Å²) >= 11 is 0. The average molecular weight is 201 g/mol. The molecular weight excluding hydrogens is 186 g/mol. The Bertz CT molecular complexity index is 417. The average Bonchev–Trinajstić information content (AvgIpc) is 2.22. The number of nitrogens with two attached hydrogens (primary N) is 1. The molecule has 0 aliphatic heterocycles. The highest BCUT2D eigenvalue weighted by molar-refractivity contribution is 5.73. The van der Waals surface area contributed by atoms with Crippen LogP contribution in [-0.2, 0) is 0 Å². The molecule has 0 bridgehead atoms. The summed E-state index contributed by atoms with van der Waals surface area (Å²) in [5, 5.41) is 7.92. The number of hydrogen-bond donors (Lipinski definition) is 1. The number of rotatable bonds is 3. The lowest BCUT2D eigenvalue weighted by Gasteiger charge is -2.03. The van der Waals surface area contributed by atoms with Gasteiger partial charge in [0.2, 0.25) is 0 Å². The largest absolute Gasteiger partial charge is 0.382 e. The van der Waals surface area contributed by atoms with Crippen molar-refractivity contribution in [3.63, 3.8) is 0 Å². The van der Waals surface area contributed by atoms with Gasteiger partial charge < -0.3 is 5.73 Å². The SMILES string of the molecule is C=C/C=C(\C=C/C)c1cc(C)c(N)nn1. The van der Waals surface area contributed by atoms with E-state index in [4.69, 9.17) is 5.73 Å². The van der Waals surface area contributed by atoms with Crippen LogP contribution in [0.3, 0.4) is 0 Å². The molecule has 0 fully saturated rings. The molecule has 2 N–H and O–H groups in total. The standard InChI is InChI=1S/C12H15N3/c1-4-6-10(7-5-2)11-8-9(3)12(13)15-14-11/h4-8H,1H2,2-3H3,(H2,13,15)/b7-5-,10-6+. The lowest BCUT2D eigenvalue weighted by molar-refractivity contribution is 1.01. The third-order valence-corrected chi connectivity index (χ3v) is 1.96. The highest BCUT2D eigenvalue weighted by atomic mass is 15.1. The van der Waals surface area contributed by atoms with Gasteiger partial charge in [0.05, 0.1) is 5.69 Å². The van der Waals surface area contributed by atoms with E-state index in [1.807, 2.05) is 38.1 Å². The molecule has 15 heavy (non-hydrogen) atoms. The van der Waals surface area contributed by atoms with Gasteiger partial charge in [-0.15, -0.1) is 10.2 Å². The number of nitrogens with zero attached hydrogens (tertiary/aromatic N) is 2. The lowest BCUT2D eigenvalue weighted by atomic mass is 10.1. The van der Waals surface area contributed by atoms with E-state index in [1.54, 1.807) is 6.08 Å². The van der Waals surface area contributed by atoms with Crippen molar-refractivity contribution in [1.29, 1.82) is 0 Å². The minimum atomic E-state index is 0.470.